The van der Waals surface area contributed by atoms with E-state index in [1.807, 2.05) is 24.3 Å². The molecular weight excluding hydrogens is 366 g/mol. The second-order valence-corrected chi connectivity index (χ2v) is 7.32. The van der Waals surface area contributed by atoms with Crippen LogP contribution < -0.4 is 10.1 Å². The summed E-state index contributed by atoms with van der Waals surface area (Å²) in [6.45, 7) is 1.77. The van der Waals surface area contributed by atoms with E-state index in [1.165, 1.54) is 18.4 Å². The summed E-state index contributed by atoms with van der Waals surface area (Å²) >= 11 is 1.41. The fourth-order valence-electron chi connectivity index (χ4n) is 2.93. The van der Waals surface area contributed by atoms with Crippen LogP contribution in [0.25, 0.3) is 0 Å². The van der Waals surface area contributed by atoms with Gasteiger partial charge in [-0.25, -0.2) is 4.98 Å². The molecule has 2 heterocycles. The molecule has 0 atom stereocenters. The normalized spacial score (nSPS) is 13.6. The molecule has 8 heteroatoms. The molecule has 1 aromatic carbocycles. The van der Waals surface area contributed by atoms with Crippen molar-refractivity contribution >= 4 is 23.2 Å². The lowest BCUT2D eigenvalue weighted by Crippen LogP contribution is -2.35. The van der Waals surface area contributed by atoms with Gasteiger partial charge in [0.05, 0.1) is 12.8 Å². The molecule has 7 nitrogen and oxygen atoms in total. The number of fused-ring (bicyclic) bond motifs is 1. The summed E-state index contributed by atoms with van der Waals surface area (Å²) in [5.74, 6) is 0.605. The first-order valence-corrected chi connectivity index (χ1v) is 9.58. The van der Waals surface area contributed by atoms with Gasteiger partial charge in [-0.15, -0.1) is 11.3 Å². The van der Waals surface area contributed by atoms with Crippen LogP contribution in [0.3, 0.4) is 0 Å². The van der Waals surface area contributed by atoms with E-state index >= 15 is 0 Å². The Morgan fingerprint density at radius 3 is 2.63 bits per heavy atom. The fraction of sp³-hybridized carbons (Fsp3) is 0.421. The highest BCUT2D eigenvalue weighted by molar-refractivity contribution is 7.13. The third kappa shape index (κ3) is 4.84. The summed E-state index contributed by atoms with van der Waals surface area (Å²) < 4.78 is 10.0. The number of hydrogen-bond acceptors (Lipinski definition) is 6. The molecule has 1 aliphatic rings. The Bertz CT molecular complexity index is 778. The molecule has 1 N–H and O–H groups in total. The van der Waals surface area contributed by atoms with Gasteiger partial charge in [0, 0.05) is 44.5 Å². The molecule has 0 aliphatic carbocycles. The van der Waals surface area contributed by atoms with E-state index in [-0.39, 0.29) is 18.4 Å². The Kier molecular flexibility index (Phi) is 6.41. The van der Waals surface area contributed by atoms with Gasteiger partial charge in [0.1, 0.15) is 12.4 Å². The van der Waals surface area contributed by atoms with Crippen LogP contribution in [-0.4, -0.2) is 55.6 Å². The largest absolute Gasteiger partial charge is 0.497 e. The number of nitrogens with one attached hydrogen (secondary N) is 1. The summed E-state index contributed by atoms with van der Waals surface area (Å²) in [7, 11) is 3.14. The molecular formula is C19H23N3O4S. The van der Waals surface area contributed by atoms with Crippen LogP contribution in [0.5, 0.6) is 5.75 Å². The SMILES string of the molecule is COCC(=O)N1CCc2nc(C(=O)NCc3ccc(OC)cc3)sc2CC1. The van der Waals surface area contributed by atoms with Gasteiger partial charge in [-0.2, -0.15) is 0 Å². The molecule has 0 bridgehead atoms. The quantitative estimate of drug-likeness (QED) is 0.813. The fourth-order valence-corrected chi connectivity index (χ4v) is 3.94. The van der Waals surface area contributed by atoms with Crippen molar-refractivity contribution in [2.24, 2.45) is 0 Å². The number of carbonyl (C=O) groups excluding carboxylic acids is 2. The van der Waals surface area contributed by atoms with Gasteiger partial charge in [0.2, 0.25) is 5.91 Å². The van der Waals surface area contributed by atoms with Crippen LogP contribution in [0.15, 0.2) is 24.3 Å². The molecule has 3 rings (SSSR count). The molecule has 27 heavy (non-hydrogen) atoms. The molecule has 2 amide bonds. The highest BCUT2D eigenvalue weighted by atomic mass is 32.1. The lowest BCUT2D eigenvalue weighted by molar-refractivity contribution is -0.135. The first kappa shape index (κ1) is 19.3. The summed E-state index contributed by atoms with van der Waals surface area (Å²) in [4.78, 5) is 31.8. The van der Waals surface area contributed by atoms with Crippen LogP contribution in [0.1, 0.15) is 25.9 Å². The maximum Gasteiger partial charge on any atom is 0.280 e. The minimum absolute atomic E-state index is 0.00916. The summed E-state index contributed by atoms with van der Waals surface area (Å²) in [5.41, 5.74) is 1.91. The van der Waals surface area contributed by atoms with Crippen molar-refractivity contribution in [1.29, 1.82) is 0 Å². The predicted molar refractivity (Wildman–Crippen MR) is 102 cm³/mol. The van der Waals surface area contributed by atoms with Gasteiger partial charge in [0.15, 0.2) is 5.01 Å². The second kappa shape index (κ2) is 8.96. The number of hydrogen-bond donors (Lipinski definition) is 1. The Labute approximate surface area is 162 Å². The van der Waals surface area contributed by atoms with Gasteiger partial charge in [-0.3, -0.25) is 9.59 Å². The van der Waals surface area contributed by atoms with Crippen molar-refractivity contribution in [2.75, 3.05) is 33.9 Å². The zero-order chi connectivity index (χ0) is 19.2. The number of ether oxygens (including phenoxy) is 2. The number of benzene rings is 1. The van der Waals surface area contributed by atoms with Crippen molar-refractivity contribution in [1.82, 2.24) is 15.2 Å². The molecule has 0 saturated heterocycles. The molecule has 0 unspecified atom stereocenters. The van der Waals surface area contributed by atoms with Gasteiger partial charge < -0.3 is 19.7 Å². The summed E-state index contributed by atoms with van der Waals surface area (Å²) in [5, 5.41) is 3.39. The maximum atomic E-state index is 12.4. The minimum Gasteiger partial charge on any atom is -0.497 e. The molecule has 144 valence electrons. The van der Waals surface area contributed by atoms with Crippen LogP contribution in [-0.2, 0) is 28.9 Å². The van der Waals surface area contributed by atoms with E-state index in [1.54, 1.807) is 12.0 Å². The topological polar surface area (TPSA) is 80.8 Å². The third-order valence-electron chi connectivity index (χ3n) is 4.43. The maximum absolute atomic E-state index is 12.4. The number of carbonyl (C=O) groups is 2. The lowest BCUT2D eigenvalue weighted by Gasteiger charge is -2.19. The van der Waals surface area contributed by atoms with E-state index in [2.05, 4.69) is 10.3 Å². The Morgan fingerprint density at radius 2 is 1.93 bits per heavy atom. The van der Waals surface area contributed by atoms with Crippen LogP contribution >= 0.6 is 11.3 Å². The molecule has 0 radical (unpaired) electrons. The number of aromatic nitrogens is 1. The third-order valence-corrected chi connectivity index (χ3v) is 5.59. The van der Waals surface area contributed by atoms with E-state index in [9.17, 15) is 9.59 Å². The van der Waals surface area contributed by atoms with Crippen molar-refractivity contribution in [2.45, 2.75) is 19.4 Å². The van der Waals surface area contributed by atoms with Crippen molar-refractivity contribution in [3.8, 4) is 5.75 Å². The highest BCUT2D eigenvalue weighted by Crippen LogP contribution is 2.23. The zero-order valence-corrected chi connectivity index (χ0v) is 16.3. The molecule has 0 saturated carbocycles. The van der Waals surface area contributed by atoms with Crippen molar-refractivity contribution in [3.05, 3.63) is 45.4 Å². The molecule has 0 fully saturated rings. The number of rotatable bonds is 6. The average molecular weight is 389 g/mol. The van der Waals surface area contributed by atoms with Crippen LogP contribution in [0, 0.1) is 0 Å². The Morgan fingerprint density at radius 1 is 1.19 bits per heavy atom. The lowest BCUT2D eigenvalue weighted by atomic mass is 10.2. The number of methoxy groups -OCH3 is 2. The zero-order valence-electron chi connectivity index (χ0n) is 15.5. The van der Waals surface area contributed by atoms with Crippen molar-refractivity contribution < 1.29 is 19.1 Å². The van der Waals surface area contributed by atoms with E-state index in [4.69, 9.17) is 9.47 Å². The van der Waals surface area contributed by atoms with Crippen LogP contribution in [0.4, 0.5) is 0 Å². The van der Waals surface area contributed by atoms with Gasteiger partial charge in [-0.05, 0) is 17.7 Å². The number of thiazole rings is 1. The smallest absolute Gasteiger partial charge is 0.280 e. The van der Waals surface area contributed by atoms with Crippen molar-refractivity contribution in [3.63, 3.8) is 0 Å². The average Bonchev–Trinajstić information content (AvgIpc) is 2.99. The predicted octanol–water partition coefficient (Wildman–Crippen LogP) is 1.66. The molecule has 1 aliphatic heterocycles. The Balaban J connectivity index is 1.57. The summed E-state index contributed by atoms with van der Waals surface area (Å²) in [6.07, 6.45) is 1.38. The van der Waals surface area contributed by atoms with E-state index in [0.717, 1.165) is 21.9 Å². The molecule has 0 spiro atoms. The second-order valence-electron chi connectivity index (χ2n) is 6.23. The number of nitrogens with zero attached hydrogens (tertiary/aromatic N) is 2. The van der Waals surface area contributed by atoms with Gasteiger partial charge in [0.25, 0.3) is 5.91 Å². The molecule has 1 aromatic heterocycles. The van der Waals surface area contributed by atoms with Crippen LogP contribution in [0.2, 0.25) is 0 Å². The monoisotopic (exact) mass is 389 g/mol. The minimum atomic E-state index is -0.170. The highest BCUT2D eigenvalue weighted by Gasteiger charge is 2.23. The first-order chi connectivity index (χ1) is 13.1. The molecule has 2 aromatic rings. The van der Waals surface area contributed by atoms with E-state index < -0.39 is 0 Å². The Hall–Kier alpha value is -2.45. The first-order valence-electron chi connectivity index (χ1n) is 8.77. The summed E-state index contributed by atoms with van der Waals surface area (Å²) in [6, 6.07) is 7.57. The standard InChI is InChI=1S/C19H23N3O4S/c1-25-12-17(23)22-9-7-15-16(8-10-22)27-19(21-15)18(24)20-11-13-3-5-14(26-2)6-4-13/h3-6H,7-12H2,1-2H3,(H,20,24). The van der Waals surface area contributed by atoms with Gasteiger partial charge >= 0.3 is 0 Å². The number of amides is 2. The van der Waals surface area contributed by atoms with E-state index in [0.29, 0.717) is 37.5 Å². The van der Waals surface area contributed by atoms with Gasteiger partial charge in [-0.1, -0.05) is 12.1 Å².